The van der Waals surface area contributed by atoms with Crippen LogP contribution < -0.4 is 14.4 Å². The minimum absolute atomic E-state index is 0.0248. The van der Waals surface area contributed by atoms with Crippen LogP contribution in [0, 0.1) is 12.3 Å². The molecule has 0 radical (unpaired) electrons. The number of hydrogen-bond donors (Lipinski definition) is 1. The molecule has 0 bridgehead atoms. The van der Waals surface area contributed by atoms with Crippen LogP contribution in [0.3, 0.4) is 0 Å². The number of morpholine rings is 1. The Balaban J connectivity index is 1.27. The van der Waals surface area contributed by atoms with Crippen LogP contribution in [0.25, 0.3) is 32.9 Å². The summed E-state index contributed by atoms with van der Waals surface area (Å²) in [5.41, 5.74) is 4.26. The third-order valence-electron chi connectivity index (χ3n) is 11.0. The van der Waals surface area contributed by atoms with Gasteiger partial charge in [-0.2, -0.15) is 28.2 Å². The lowest BCUT2D eigenvalue weighted by molar-refractivity contribution is -0.153. The lowest BCUT2D eigenvalue weighted by Gasteiger charge is -2.54. The first-order valence-electron chi connectivity index (χ1n) is 17.6. The molecule has 1 saturated carbocycles. The zero-order valence-corrected chi connectivity index (χ0v) is 28.9. The summed E-state index contributed by atoms with van der Waals surface area (Å²) in [5, 5.41) is 8.70. The van der Waals surface area contributed by atoms with E-state index in [4.69, 9.17) is 24.2 Å². The monoisotopic (exact) mass is 705 g/mol. The Morgan fingerprint density at radius 3 is 2.61 bits per heavy atom. The Labute approximate surface area is 293 Å². The number of ether oxygens (including phenoxy) is 3. The number of fused-ring (bicyclic) bond motifs is 2. The molecule has 1 spiro atoms. The average Bonchev–Trinajstić information content (AvgIpc) is 3.84. The smallest absolute Gasteiger partial charge is 0.422 e. The zero-order valence-electron chi connectivity index (χ0n) is 28.9. The number of aromatic amines is 1. The summed E-state index contributed by atoms with van der Waals surface area (Å²) >= 11 is 0. The number of carbonyl (C=O) groups is 1. The Bertz CT molecular complexity index is 1980. The number of halogens is 3. The highest BCUT2D eigenvalue weighted by molar-refractivity contribution is 6.06. The summed E-state index contributed by atoms with van der Waals surface area (Å²) in [6, 6.07) is 5.97. The molecule has 270 valence electrons. The first-order chi connectivity index (χ1) is 24.5. The van der Waals surface area contributed by atoms with Crippen molar-refractivity contribution in [3.05, 3.63) is 48.2 Å². The predicted molar refractivity (Wildman–Crippen MR) is 186 cm³/mol. The third kappa shape index (κ3) is 6.48. The van der Waals surface area contributed by atoms with Crippen molar-refractivity contribution in [2.45, 2.75) is 50.7 Å². The van der Waals surface area contributed by atoms with E-state index in [1.165, 1.54) is 6.08 Å². The molecule has 4 aromatic rings. The highest BCUT2D eigenvalue weighted by Gasteiger charge is 2.46. The van der Waals surface area contributed by atoms with Crippen molar-refractivity contribution in [2.24, 2.45) is 5.41 Å². The number of carbonyl (C=O) groups excluding carboxylic acids is 1. The van der Waals surface area contributed by atoms with Gasteiger partial charge in [0.25, 0.3) is 0 Å². The van der Waals surface area contributed by atoms with Crippen LogP contribution in [0.5, 0.6) is 11.8 Å². The van der Waals surface area contributed by atoms with E-state index in [9.17, 15) is 18.0 Å². The molecule has 2 aromatic heterocycles. The van der Waals surface area contributed by atoms with Gasteiger partial charge in [-0.1, -0.05) is 12.6 Å². The highest BCUT2D eigenvalue weighted by Crippen LogP contribution is 2.53. The van der Waals surface area contributed by atoms with Crippen LogP contribution in [-0.4, -0.2) is 114 Å². The molecule has 14 heteroatoms. The van der Waals surface area contributed by atoms with E-state index in [1.54, 1.807) is 6.20 Å². The number of piperidine rings is 1. The maximum atomic E-state index is 14.0. The van der Waals surface area contributed by atoms with Gasteiger partial charge in [-0.3, -0.25) is 14.8 Å². The number of H-pyrrole nitrogens is 1. The van der Waals surface area contributed by atoms with Crippen molar-refractivity contribution in [1.82, 2.24) is 30.0 Å². The Morgan fingerprint density at radius 2 is 1.90 bits per heavy atom. The van der Waals surface area contributed by atoms with Crippen molar-refractivity contribution in [2.75, 3.05) is 71.1 Å². The first kappa shape index (κ1) is 33.7. The van der Waals surface area contributed by atoms with Crippen molar-refractivity contribution in [3.63, 3.8) is 0 Å². The summed E-state index contributed by atoms with van der Waals surface area (Å²) in [6.07, 6.45) is 1.99. The number of likely N-dealkylation sites (N-methyl/N-ethyl adjacent to an activating group) is 1. The van der Waals surface area contributed by atoms with E-state index in [2.05, 4.69) is 32.6 Å². The van der Waals surface area contributed by atoms with Gasteiger partial charge in [0.15, 0.2) is 12.4 Å². The number of hydrogen-bond acceptors (Lipinski definition) is 9. The van der Waals surface area contributed by atoms with Gasteiger partial charge >= 0.3 is 12.2 Å². The molecule has 4 fully saturated rings. The van der Waals surface area contributed by atoms with Crippen LogP contribution in [0.1, 0.15) is 42.7 Å². The van der Waals surface area contributed by atoms with Gasteiger partial charge in [-0.05, 0) is 80.5 Å². The van der Waals surface area contributed by atoms with Crippen LogP contribution >= 0.6 is 0 Å². The zero-order chi connectivity index (χ0) is 35.5. The minimum Gasteiger partial charge on any atom is -0.481 e. The Hall–Kier alpha value is -4.43. The van der Waals surface area contributed by atoms with Crippen LogP contribution in [-0.2, 0) is 9.53 Å². The van der Waals surface area contributed by atoms with Gasteiger partial charge in [0, 0.05) is 54.5 Å². The van der Waals surface area contributed by atoms with Crippen molar-refractivity contribution in [1.29, 1.82) is 0 Å². The maximum absolute atomic E-state index is 14.0. The number of aryl methyl sites for hydroxylation is 1. The number of nitrogens with zero attached hydrogens (tertiary/aromatic N) is 6. The molecule has 4 aliphatic rings. The Morgan fingerprint density at radius 1 is 1.12 bits per heavy atom. The number of aromatic nitrogens is 4. The topological polar surface area (TPSA) is 109 Å². The number of likely N-dealkylation sites (tertiary alicyclic amines) is 1. The number of alkyl halides is 3. The standard InChI is InChI=1S/C37H42F3N7O4/c1-4-29(48)47-19-36(20-47)9-11-46(12-10-36)34-26-15-25(23-6-7-23)31(30-22(2)5-8-28-27(30)16-41-44-28)33(51-21-37(38,39)40)32(26)42-35(43-34)50-18-24-17-49-14-13-45(24)3/h4-5,8,15-16,23-24H,1,6-7,9-14,17-21H2,2-3H3,(H,41,44)/t24-/m0/s1. The maximum Gasteiger partial charge on any atom is 0.422 e. The van der Waals surface area contributed by atoms with Crippen LogP contribution in [0.2, 0.25) is 0 Å². The minimum atomic E-state index is -4.58. The van der Waals surface area contributed by atoms with Crippen molar-refractivity contribution in [3.8, 4) is 22.9 Å². The molecule has 1 N–H and O–H groups in total. The largest absolute Gasteiger partial charge is 0.481 e. The quantitative estimate of drug-likeness (QED) is 0.222. The molecule has 11 nitrogen and oxygen atoms in total. The second-order valence-corrected chi connectivity index (χ2v) is 14.6. The molecule has 51 heavy (non-hydrogen) atoms. The van der Waals surface area contributed by atoms with Gasteiger partial charge in [-0.15, -0.1) is 0 Å². The average molecular weight is 706 g/mol. The summed E-state index contributed by atoms with van der Waals surface area (Å²) < 4.78 is 59.9. The molecule has 1 atom stereocenters. The lowest BCUT2D eigenvalue weighted by Crippen LogP contribution is -2.61. The molecular weight excluding hydrogens is 663 g/mol. The fourth-order valence-corrected chi connectivity index (χ4v) is 7.89. The molecule has 3 aliphatic heterocycles. The van der Waals surface area contributed by atoms with Crippen molar-refractivity contribution < 1.29 is 32.2 Å². The van der Waals surface area contributed by atoms with Gasteiger partial charge < -0.3 is 24.0 Å². The third-order valence-corrected chi connectivity index (χ3v) is 11.0. The number of amides is 1. The summed E-state index contributed by atoms with van der Waals surface area (Å²) in [7, 11) is 2.00. The molecule has 8 rings (SSSR count). The molecule has 5 heterocycles. The van der Waals surface area contributed by atoms with E-state index >= 15 is 0 Å². The van der Waals surface area contributed by atoms with Gasteiger partial charge in [0.1, 0.15) is 17.9 Å². The molecule has 0 unspecified atom stereocenters. The SMILES string of the molecule is C=CC(=O)N1CC2(CCN(c3nc(OC[C@@H]4COCCN4C)nc4c(OCC(F)(F)F)c(-c5c(C)ccc6[nH]ncc56)c(C5CC5)cc34)CC2)C1. The van der Waals surface area contributed by atoms with Gasteiger partial charge in [0.2, 0.25) is 5.91 Å². The van der Waals surface area contributed by atoms with Gasteiger partial charge in [-0.25, -0.2) is 0 Å². The highest BCUT2D eigenvalue weighted by atomic mass is 19.4. The van der Waals surface area contributed by atoms with E-state index in [0.717, 1.165) is 59.8 Å². The number of nitrogens with one attached hydrogen (secondary N) is 1. The summed E-state index contributed by atoms with van der Waals surface area (Å²) in [6.45, 7) is 8.91. The first-order valence-corrected chi connectivity index (χ1v) is 17.6. The molecule has 3 saturated heterocycles. The van der Waals surface area contributed by atoms with E-state index in [-0.39, 0.29) is 47.2 Å². The van der Waals surface area contributed by atoms with Crippen LogP contribution in [0.15, 0.2) is 37.1 Å². The van der Waals surface area contributed by atoms with E-state index < -0.39 is 12.8 Å². The Kier molecular flexibility index (Phi) is 8.56. The van der Waals surface area contributed by atoms with Gasteiger partial charge in [0.05, 0.1) is 31.0 Å². The fraction of sp³-hybridized carbons (Fsp3) is 0.514. The fourth-order valence-electron chi connectivity index (χ4n) is 7.89. The second kappa shape index (κ2) is 13.0. The number of benzene rings is 2. The predicted octanol–water partition coefficient (Wildman–Crippen LogP) is 5.62. The lowest BCUT2D eigenvalue weighted by atomic mass is 9.72. The summed E-state index contributed by atoms with van der Waals surface area (Å²) in [5.74, 6) is 0.774. The normalized spacial score (nSPS) is 20.9. The molecule has 1 aliphatic carbocycles. The van der Waals surface area contributed by atoms with E-state index in [0.29, 0.717) is 56.2 Å². The molecule has 2 aromatic carbocycles. The number of rotatable bonds is 9. The van der Waals surface area contributed by atoms with E-state index in [1.807, 2.05) is 31.0 Å². The molecular formula is C37H42F3N7O4. The van der Waals surface area contributed by atoms with Crippen LogP contribution in [0.4, 0.5) is 19.0 Å². The second-order valence-electron chi connectivity index (χ2n) is 14.6. The number of anilines is 1. The summed E-state index contributed by atoms with van der Waals surface area (Å²) in [4.78, 5) is 28.2. The molecule has 1 amide bonds. The van der Waals surface area contributed by atoms with Crippen molar-refractivity contribution >= 4 is 33.5 Å².